The van der Waals surface area contributed by atoms with E-state index in [9.17, 15) is 9.00 Å². The molecule has 2 rings (SSSR count). The van der Waals surface area contributed by atoms with Gasteiger partial charge in [-0.3, -0.25) is 4.21 Å². The molecule has 0 bridgehead atoms. The number of para-hydroxylation sites is 1. The molecule has 0 aliphatic heterocycles. The van der Waals surface area contributed by atoms with E-state index in [0.29, 0.717) is 16.2 Å². The van der Waals surface area contributed by atoms with E-state index in [1.165, 1.54) is 13.2 Å². The lowest BCUT2D eigenvalue weighted by Crippen LogP contribution is -2.06. The summed E-state index contributed by atoms with van der Waals surface area (Å²) in [6, 6.07) is 13.6. The van der Waals surface area contributed by atoms with Gasteiger partial charge in [-0.15, -0.1) is 0 Å². The maximum Gasteiger partial charge on any atom is 0.335 e. The highest BCUT2D eigenvalue weighted by atomic mass is 32.2. The molecular weight excluding hydrogens is 276 g/mol. The van der Waals surface area contributed by atoms with Crippen molar-refractivity contribution in [3.63, 3.8) is 0 Å². The summed E-state index contributed by atoms with van der Waals surface area (Å²) in [7, 11) is 0.154. The fourth-order valence-corrected chi connectivity index (χ4v) is 3.18. The average Bonchev–Trinajstić information content (AvgIpc) is 2.47. The van der Waals surface area contributed by atoms with Gasteiger partial charge in [-0.2, -0.15) is 0 Å². The van der Waals surface area contributed by atoms with Crippen molar-refractivity contribution in [2.24, 2.45) is 0 Å². The van der Waals surface area contributed by atoms with E-state index in [1.54, 1.807) is 42.5 Å². The molecule has 1 atom stereocenters. The number of ether oxygens (including phenoxy) is 1. The molecule has 4 nitrogen and oxygen atoms in total. The van der Waals surface area contributed by atoms with Crippen molar-refractivity contribution in [3.05, 3.63) is 59.7 Å². The number of methoxy groups -OCH3 is 1. The summed E-state index contributed by atoms with van der Waals surface area (Å²) in [6.07, 6.45) is 0. The molecule has 0 saturated carbocycles. The first-order valence-electron chi connectivity index (χ1n) is 5.96. The molecule has 1 N–H and O–H groups in total. The van der Waals surface area contributed by atoms with Crippen LogP contribution in [0, 0.1) is 0 Å². The Morgan fingerprint density at radius 1 is 1.15 bits per heavy atom. The monoisotopic (exact) mass is 290 g/mol. The van der Waals surface area contributed by atoms with Gasteiger partial charge in [-0.25, -0.2) is 4.79 Å². The van der Waals surface area contributed by atoms with Crippen LogP contribution in [0.2, 0.25) is 0 Å². The minimum atomic E-state index is -1.36. The number of carboxylic acid groups (broad SMARTS) is 1. The smallest absolute Gasteiger partial charge is 0.335 e. The van der Waals surface area contributed by atoms with E-state index in [-0.39, 0.29) is 11.3 Å². The van der Waals surface area contributed by atoms with Crippen LogP contribution in [0.1, 0.15) is 15.9 Å². The molecule has 0 aliphatic rings. The Morgan fingerprint density at radius 2 is 1.80 bits per heavy atom. The lowest BCUT2D eigenvalue weighted by molar-refractivity contribution is 0.0696. The fraction of sp³-hybridized carbons (Fsp3) is 0.133. The molecular formula is C15H14O4S. The van der Waals surface area contributed by atoms with Crippen LogP contribution >= 0.6 is 0 Å². The second-order valence-electron chi connectivity index (χ2n) is 4.10. The molecule has 0 fully saturated rings. The second-order valence-corrected chi connectivity index (χ2v) is 5.52. The molecule has 1 unspecified atom stereocenters. The quantitative estimate of drug-likeness (QED) is 0.919. The van der Waals surface area contributed by atoms with Crippen LogP contribution in [0.5, 0.6) is 5.75 Å². The second kappa shape index (κ2) is 6.34. The van der Waals surface area contributed by atoms with Gasteiger partial charge >= 0.3 is 5.97 Å². The Bertz CT molecular complexity index is 652. The maximum atomic E-state index is 12.4. The Balaban J connectivity index is 2.31. The third-order valence-electron chi connectivity index (χ3n) is 2.85. The third kappa shape index (κ3) is 3.05. The maximum absolute atomic E-state index is 12.4. The minimum Gasteiger partial charge on any atom is -0.495 e. The van der Waals surface area contributed by atoms with E-state index in [0.717, 1.165) is 0 Å². The number of hydrogen-bond acceptors (Lipinski definition) is 3. The summed E-state index contributed by atoms with van der Waals surface area (Å²) in [5, 5.41) is 9.13. The number of benzene rings is 2. The van der Waals surface area contributed by atoms with Crippen LogP contribution in [0.25, 0.3) is 0 Å². The van der Waals surface area contributed by atoms with E-state index < -0.39 is 16.8 Å². The standard InChI is InChI=1S/C15H14O4S/c1-19-13-8-4-5-9-14(13)20(18)10-11-6-2-3-7-12(11)15(16)17/h2-9H,10H2,1H3,(H,16,17). The van der Waals surface area contributed by atoms with E-state index in [2.05, 4.69) is 0 Å². The molecule has 0 aliphatic carbocycles. The van der Waals surface area contributed by atoms with Crippen molar-refractivity contribution >= 4 is 16.8 Å². The van der Waals surface area contributed by atoms with Gasteiger partial charge in [-0.05, 0) is 23.8 Å². The fourth-order valence-electron chi connectivity index (χ4n) is 1.88. The number of hydrogen-bond donors (Lipinski definition) is 1. The SMILES string of the molecule is COc1ccccc1S(=O)Cc1ccccc1C(=O)O. The minimum absolute atomic E-state index is 0.142. The van der Waals surface area contributed by atoms with Crippen molar-refractivity contribution in [1.29, 1.82) is 0 Å². The molecule has 0 amide bonds. The van der Waals surface area contributed by atoms with Gasteiger partial charge in [0, 0.05) is 0 Å². The molecule has 0 spiro atoms. The van der Waals surface area contributed by atoms with Gasteiger partial charge in [0.2, 0.25) is 0 Å². The predicted molar refractivity (Wildman–Crippen MR) is 76.5 cm³/mol. The summed E-state index contributed by atoms with van der Waals surface area (Å²) in [5.41, 5.74) is 0.722. The molecule has 104 valence electrons. The van der Waals surface area contributed by atoms with Crippen molar-refractivity contribution in [2.75, 3.05) is 7.11 Å². The summed E-state index contributed by atoms with van der Waals surface area (Å²) in [6.45, 7) is 0. The van der Waals surface area contributed by atoms with Crippen molar-refractivity contribution in [3.8, 4) is 5.75 Å². The molecule has 0 saturated heterocycles. The summed E-state index contributed by atoms with van der Waals surface area (Å²) in [5.74, 6) is -0.334. The van der Waals surface area contributed by atoms with E-state index in [4.69, 9.17) is 9.84 Å². The van der Waals surface area contributed by atoms with Crippen LogP contribution in [0.4, 0.5) is 0 Å². The topological polar surface area (TPSA) is 63.6 Å². The Labute approximate surface area is 119 Å². The molecule has 0 heterocycles. The van der Waals surface area contributed by atoms with Crippen molar-refractivity contribution < 1.29 is 18.8 Å². The number of carboxylic acids is 1. The molecule has 0 aromatic heterocycles. The van der Waals surface area contributed by atoms with E-state index in [1.807, 2.05) is 0 Å². The van der Waals surface area contributed by atoms with Crippen LogP contribution < -0.4 is 4.74 Å². The summed E-state index contributed by atoms with van der Waals surface area (Å²) >= 11 is 0. The Kier molecular flexibility index (Phi) is 4.53. The number of carbonyl (C=O) groups is 1. The highest BCUT2D eigenvalue weighted by molar-refractivity contribution is 7.84. The van der Waals surface area contributed by atoms with Gasteiger partial charge in [0.05, 0.1) is 34.1 Å². The molecule has 0 radical (unpaired) electrons. The highest BCUT2D eigenvalue weighted by Crippen LogP contribution is 2.24. The zero-order valence-electron chi connectivity index (χ0n) is 10.9. The zero-order chi connectivity index (χ0) is 14.5. The van der Waals surface area contributed by atoms with Crippen LogP contribution in [-0.4, -0.2) is 22.4 Å². The Morgan fingerprint density at radius 3 is 2.50 bits per heavy atom. The van der Waals surface area contributed by atoms with Crippen molar-refractivity contribution in [1.82, 2.24) is 0 Å². The van der Waals surface area contributed by atoms with Gasteiger partial charge in [-0.1, -0.05) is 30.3 Å². The third-order valence-corrected chi connectivity index (χ3v) is 4.25. The van der Waals surface area contributed by atoms with Crippen LogP contribution in [0.3, 0.4) is 0 Å². The highest BCUT2D eigenvalue weighted by Gasteiger charge is 2.15. The molecule has 2 aromatic carbocycles. The van der Waals surface area contributed by atoms with E-state index >= 15 is 0 Å². The normalized spacial score (nSPS) is 11.8. The molecule has 5 heteroatoms. The molecule has 2 aromatic rings. The lowest BCUT2D eigenvalue weighted by Gasteiger charge is -2.09. The summed E-state index contributed by atoms with van der Waals surface area (Å²) < 4.78 is 17.6. The first-order valence-corrected chi connectivity index (χ1v) is 7.28. The number of rotatable bonds is 5. The Hall–Kier alpha value is -2.14. The largest absolute Gasteiger partial charge is 0.495 e. The van der Waals surface area contributed by atoms with Crippen LogP contribution in [0.15, 0.2) is 53.4 Å². The first-order chi connectivity index (χ1) is 9.63. The molecule has 20 heavy (non-hydrogen) atoms. The summed E-state index contributed by atoms with van der Waals surface area (Å²) in [4.78, 5) is 11.7. The van der Waals surface area contributed by atoms with Crippen molar-refractivity contribution in [2.45, 2.75) is 10.6 Å². The van der Waals surface area contributed by atoms with Gasteiger partial charge < -0.3 is 9.84 Å². The lowest BCUT2D eigenvalue weighted by atomic mass is 10.1. The van der Waals surface area contributed by atoms with Gasteiger partial charge in [0.25, 0.3) is 0 Å². The zero-order valence-corrected chi connectivity index (χ0v) is 11.7. The number of aromatic carboxylic acids is 1. The van der Waals surface area contributed by atoms with Crippen LogP contribution in [-0.2, 0) is 16.6 Å². The first kappa shape index (κ1) is 14.3. The predicted octanol–water partition coefficient (Wildman–Crippen LogP) is 2.70. The van der Waals surface area contributed by atoms with Gasteiger partial charge in [0.1, 0.15) is 5.75 Å². The van der Waals surface area contributed by atoms with Gasteiger partial charge in [0.15, 0.2) is 0 Å². The average molecular weight is 290 g/mol.